The average molecular weight is 427 g/mol. The van der Waals surface area contributed by atoms with E-state index >= 15 is 0 Å². The van der Waals surface area contributed by atoms with E-state index < -0.39 is 0 Å². The molecule has 154 valence electrons. The van der Waals surface area contributed by atoms with E-state index in [2.05, 4.69) is 10.6 Å². The van der Waals surface area contributed by atoms with Crippen LogP contribution in [0.1, 0.15) is 21.5 Å². The maximum Gasteiger partial charge on any atom is 0.266 e. The molecule has 0 aromatic heterocycles. The Morgan fingerprint density at radius 3 is 2.39 bits per heavy atom. The molecule has 1 amide bonds. The summed E-state index contributed by atoms with van der Waals surface area (Å²) in [5.41, 5.74) is 4.42. The predicted octanol–water partition coefficient (Wildman–Crippen LogP) is 6.48. The Bertz CT molecular complexity index is 1280. The number of thiocarbonyl (C=S) groups is 1. The number of carbonyl (C=O) groups excluding carboxylic acids is 1. The molecule has 4 aromatic carbocycles. The van der Waals surface area contributed by atoms with Gasteiger partial charge in [-0.25, -0.2) is 0 Å². The van der Waals surface area contributed by atoms with Crippen molar-refractivity contribution in [1.82, 2.24) is 0 Å². The van der Waals surface area contributed by atoms with Crippen molar-refractivity contribution in [2.75, 3.05) is 10.6 Å². The summed E-state index contributed by atoms with van der Waals surface area (Å²) >= 11 is 5.35. The van der Waals surface area contributed by atoms with Gasteiger partial charge in [0.05, 0.1) is 0 Å². The molecule has 0 saturated carbocycles. The van der Waals surface area contributed by atoms with E-state index in [4.69, 9.17) is 17.0 Å². The van der Waals surface area contributed by atoms with E-state index in [-0.39, 0.29) is 11.1 Å². The maximum atomic E-state index is 12.9. The molecule has 4 aromatic rings. The summed E-state index contributed by atoms with van der Waals surface area (Å²) in [6.45, 7) is 4.07. The third kappa shape index (κ3) is 4.73. The van der Waals surface area contributed by atoms with Gasteiger partial charge >= 0.3 is 0 Å². The molecule has 0 heterocycles. The van der Waals surface area contributed by atoms with Gasteiger partial charge in [-0.3, -0.25) is 4.79 Å². The Morgan fingerprint density at radius 2 is 1.52 bits per heavy atom. The quantitative estimate of drug-likeness (QED) is 0.367. The molecular weight excluding hydrogens is 404 g/mol. The van der Waals surface area contributed by atoms with Gasteiger partial charge in [0.2, 0.25) is 0 Å². The van der Waals surface area contributed by atoms with Gasteiger partial charge in [-0.15, -0.1) is 0 Å². The largest absolute Gasteiger partial charge is 0.432 e. The predicted molar refractivity (Wildman–Crippen MR) is 131 cm³/mol. The highest BCUT2D eigenvalue weighted by molar-refractivity contribution is 7.80. The minimum absolute atomic E-state index is 0.213. The van der Waals surface area contributed by atoms with E-state index in [0.717, 1.165) is 27.7 Å². The fourth-order valence-electron chi connectivity index (χ4n) is 3.36. The average Bonchev–Trinajstić information content (AvgIpc) is 2.77. The molecule has 0 aliphatic rings. The summed E-state index contributed by atoms with van der Waals surface area (Å²) < 4.78 is 5.76. The summed E-state index contributed by atoms with van der Waals surface area (Å²) in [6, 6.07) is 26.7. The number of anilines is 2. The fourth-order valence-corrected chi connectivity index (χ4v) is 3.56. The first-order valence-electron chi connectivity index (χ1n) is 9.95. The first kappa shape index (κ1) is 20.6. The van der Waals surface area contributed by atoms with Crippen LogP contribution in [0.5, 0.6) is 5.75 Å². The topological polar surface area (TPSA) is 50.4 Å². The molecule has 0 spiro atoms. The molecule has 0 unspecified atom stereocenters. The number of ether oxygens (including phenoxy) is 1. The van der Waals surface area contributed by atoms with E-state index in [1.807, 2.05) is 74.5 Å². The third-order valence-corrected chi connectivity index (χ3v) is 5.37. The zero-order valence-electron chi connectivity index (χ0n) is 17.3. The van der Waals surface area contributed by atoms with Gasteiger partial charge in [-0.1, -0.05) is 54.6 Å². The van der Waals surface area contributed by atoms with E-state index in [0.29, 0.717) is 11.3 Å². The Kier molecular flexibility index (Phi) is 5.96. The number of rotatable bonds is 4. The van der Waals surface area contributed by atoms with Gasteiger partial charge in [0, 0.05) is 22.3 Å². The standard InChI is InChI=1S/C26H22N2O2S/c1-17-8-5-14-23(18(17)2)28-26(31)30-21-12-6-11-20(16-21)25(29)27-24-15-7-10-19-9-3-4-13-22(19)24/h3-16H,1-2H3,(H,27,29)(H,28,31). The number of carbonyl (C=O) groups is 1. The van der Waals surface area contributed by atoms with Crippen molar-refractivity contribution in [2.45, 2.75) is 13.8 Å². The normalized spacial score (nSPS) is 10.5. The first-order valence-corrected chi connectivity index (χ1v) is 10.4. The van der Waals surface area contributed by atoms with Crippen LogP contribution in [-0.4, -0.2) is 11.1 Å². The summed E-state index contributed by atoms with van der Waals surface area (Å²) in [7, 11) is 0. The lowest BCUT2D eigenvalue weighted by Gasteiger charge is -2.13. The second-order valence-electron chi connectivity index (χ2n) is 7.27. The molecule has 0 saturated heterocycles. The van der Waals surface area contributed by atoms with Crippen LogP contribution in [-0.2, 0) is 0 Å². The molecular formula is C26H22N2O2S. The van der Waals surface area contributed by atoms with Gasteiger partial charge in [-0.05, 0) is 72.9 Å². The van der Waals surface area contributed by atoms with Crippen molar-refractivity contribution in [3.05, 3.63) is 102 Å². The zero-order chi connectivity index (χ0) is 21.8. The van der Waals surface area contributed by atoms with Crippen LogP contribution < -0.4 is 15.4 Å². The minimum Gasteiger partial charge on any atom is -0.432 e. The van der Waals surface area contributed by atoms with Crippen molar-refractivity contribution < 1.29 is 9.53 Å². The van der Waals surface area contributed by atoms with Gasteiger partial charge in [0.15, 0.2) is 0 Å². The van der Waals surface area contributed by atoms with Crippen LogP contribution >= 0.6 is 12.2 Å². The van der Waals surface area contributed by atoms with Crippen molar-refractivity contribution in [2.24, 2.45) is 0 Å². The summed E-state index contributed by atoms with van der Waals surface area (Å²) in [6.07, 6.45) is 0. The number of amides is 1. The highest BCUT2D eigenvalue weighted by atomic mass is 32.1. The monoisotopic (exact) mass is 426 g/mol. The number of hydrogen-bond donors (Lipinski definition) is 2. The van der Waals surface area contributed by atoms with Crippen molar-refractivity contribution in [3.63, 3.8) is 0 Å². The van der Waals surface area contributed by atoms with Gasteiger partial charge in [0.1, 0.15) is 5.75 Å². The Hall–Kier alpha value is -3.70. The molecule has 4 nitrogen and oxygen atoms in total. The number of fused-ring (bicyclic) bond motifs is 1. The number of benzene rings is 4. The van der Waals surface area contributed by atoms with E-state index in [1.54, 1.807) is 24.3 Å². The first-order chi connectivity index (χ1) is 15.0. The lowest BCUT2D eigenvalue weighted by atomic mass is 10.1. The van der Waals surface area contributed by atoms with Crippen LogP contribution in [0.25, 0.3) is 10.8 Å². The van der Waals surface area contributed by atoms with Gasteiger partial charge in [-0.2, -0.15) is 0 Å². The molecule has 0 aliphatic heterocycles. The summed E-state index contributed by atoms with van der Waals surface area (Å²) in [4.78, 5) is 12.9. The van der Waals surface area contributed by atoms with E-state index in [9.17, 15) is 4.79 Å². The van der Waals surface area contributed by atoms with Crippen LogP contribution in [0.15, 0.2) is 84.9 Å². The molecule has 0 aliphatic carbocycles. The molecule has 0 atom stereocenters. The highest BCUT2D eigenvalue weighted by Gasteiger charge is 2.11. The van der Waals surface area contributed by atoms with E-state index in [1.165, 1.54) is 5.56 Å². The molecule has 0 fully saturated rings. The van der Waals surface area contributed by atoms with Crippen molar-refractivity contribution in [1.29, 1.82) is 0 Å². The molecule has 31 heavy (non-hydrogen) atoms. The lowest BCUT2D eigenvalue weighted by Crippen LogP contribution is -2.18. The third-order valence-electron chi connectivity index (χ3n) is 5.19. The second-order valence-corrected chi connectivity index (χ2v) is 7.64. The Labute approximate surface area is 186 Å². The number of aryl methyl sites for hydroxylation is 1. The number of hydrogen-bond acceptors (Lipinski definition) is 3. The van der Waals surface area contributed by atoms with Crippen molar-refractivity contribution in [3.8, 4) is 5.75 Å². The minimum atomic E-state index is -0.213. The summed E-state index contributed by atoms with van der Waals surface area (Å²) in [5, 5.41) is 8.39. The molecule has 5 heteroatoms. The van der Waals surface area contributed by atoms with Crippen LogP contribution in [0.3, 0.4) is 0 Å². The fraction of sp³-hybridized carbons (Fsp3) is 0.0769. The molecule has 0 bridgehead atoms. The zero-order valence-corrected chi connectivity index (χ0v) is 18.1. The Balaban J connectivity index is 1.48. The molecule has 0 radical (unpaired) electrons. The molecule has 2 N–H and O–H groups in total. The molecule has 4 rings (SSSR count). The summed E-state index contributed by atoms with van der Waals surface area (Å²) in [5.74, 6) is 0.281. The van der Waals surface area contributed by atoms with Crippen molar-refractivity contribution >= 4 is 45.4 Å². The maximum absolute atomic E-state index is 12.9. The van der Waals surface area contributed by atoms with Gasteiger partial charge < -0.3 is 15.4 Å². The SMILES string of the molecule is Cc1cccc(NC(=S)Oc2cccc(C(=O)Nc3cccc4ccccc34)c2)c1C. The lowest BCUT2D eigenvalue weighted by molar-refractivity contribution is 0.102. The highest BCUT2D eigenvalue weighted by Crippen LogP contribution is 2.24. The second kappa shape index (κ2) is 8.98. The van der Waals surface area contributed by atoms with Gasteiger partial charge in [0.25, 0.3) is 11.1 Å². The van der Waals surface area contributed by atoms with Crippen LogP contribution in [0, 0.1) is 13.8 Å². The smallest absolute Gasteiger partial charge is 0.266 e. The van der Waals surface area contributed by atoms with Crippen LogP contribution in [0.4, 0.5) is 11.4 Å². The number of nitrogens with one attached hydrogen (secondary N) is 2. The Morgan fingerprint density at radius 1 is 0.806 bits per heavy atom. The van der Waals surface area contributed by atoms with Crippen LogP contribution in [0.2, 0.25) is 0 Å².